The number of anilines is 2. The number of rotatable bonds is 9. The fourth-order valence-electron chi connectivity index (χ4n) is 4.07. The third kappa shape index (κ3) is 5.29. The molecule has 5 rings (SSSR count). The molecule has 0 spiro atoms. The summed E-state index contributed by atoms with van der Waals surface area (Å²) in [6, 6.07) is 16.9. The lowest BCUT2D eigenvalue weighted by molar-refractivity contribution is -0.123. The van der Waals surface area contributed by atoms with Crippen molar-refractivity contribution in [2.45, 2.75) is 19.9 Å². The van der Waals surface area contributed by atoms with Crippen LogP contribution < -0.4 is 24.8 Å². The molecule has 0 saturated heterocycles. The Kier molecular flexibility index (Phi) is 6.94. The van der Waals surface area contributed by atoms with Gasteiger partial charge >= 0.3 is 0 Å². The van der Waals surface area contributed by atoms with Gasteiger partial charge < -0.3 is 24.8 Å². The number of carbonyl (C=O) groups excluding carboxylic acids is 1. The smallest absolute Gasteiger partial charge is 0.258 e. The molecule has 3 N–H and O–H groups in total. The molecule has 10 heteroatoms. The molecule has 0 bridgehead atoms. The van der Waals surface area contributed by atoms with Gasteiger partial charge in [-0.2, -0.15) is 5.10 Å². The zero-order valence-corrected chi connectivity index (χ0v) is 21.5. The molecule has 0 aliphatic heterocycles. The number of nitrogens with zero attached hydrogens (tertiary/aromatic N) is 3. The lowest BCUT2D eigenvalue weighted by Crippen LogP contribution is -2.34. The zero-order chi connectivity index (χ0) is 26.6. The Hall–Kier alpha value is -4.86. The molecule has 2 aromatic heterocycles. The number of carbonyl (C=O) groups is 1. The van der Waals surface area contributed by atoms with Gasteiger partial charge in [0, 0.05) is 34.1 Å². The van der Waals surface area contributed by atoms with Crippen molar-refractivity contribution in [1.29, 1.82) is 0 Å². The number of methoxy groups -OCH3 is 2. The first-order chi connectivity index (χ1) is 18.4. The Balaban J connectivity index is 1.55. The second-order valence-electron chi connectivity index (χ2n) is 8.96. The van der Waals surface area contributed by atoms with E-state index in [4.69, 9.17) is 24.2 Å². The lowest BCUT2D eigenvalue weighted by atomic mass is 10.1. The zero-order valence-electron chi connectivity index (χ0n) is 21.5. The average molecular weight is 513 g/mol. The topological polar surface area (TPSA) is 123 Å². The normalized spacial score (nSPS) is 11.1. The first-order valence-electron chi connectivity index (χ1n) is 12.1. The predicted octanol–water partition coefficient (Wildman–Crippen LogP) is 4.84. The van der Waals surface area contributed by atoms with Crippen molar-refractivity contribution in [3.8, 4) is 28.6 Å². The molecular formula is C28H28N6O4. The van der Waals surface area contributed by atoms with Gasteiger partial charge in [-0.25, -0.2) is 9.97 Å². The quantitative estimate of drug-likeness (QED) is 0.256. The number of nitrogens with one attached hydrogen (secondary N) is 3. The van der Waals surface area contributed by atoms with Crippen LogP contribution >= 0.6 is 0 Å². The van der Waals surface area contributed by atoms with Crippen LogP contribution in [0, 0.1) is 0 Å². The Labute approximate surface area is 219 Å². The molecule has 0 unspecified atom stereocenters. The Morgan fingerprint density at radius 1 is 1.00 bits per heavy atom. The van der Waals surface area contributed by atoms with E-state index in [0.717, 1.165) is 27.5 Å². The fraction of sp³-hybridized carbons (Fsp3) is 0.214. The first-order valence-corrected chi connectivity index (χ1v) is 12.1. The summed E-state index contributed by atoms with van der Waals surface area (Å²) < 4.78 is 16.8. The van der Waals surface area contributed by atoms with Gasteiger partial charge in [0.2, 0.25) is 0 Å². The van der Waals surface area contributed by atoms with Crippen molar-refractivity contribution in [2.24, 2.45) is 0 Å². The molecule has 0 saturated carbocycles. The van der Waals surface area contributed by atoms with E-state index in [9.17, 15) is 4.79 Å². The first kappa shape index (κ1) is 24.8. The predicted molar refractivity (Wildman–Crippen MR) is 146 cm³/mol. The monoisotopic (exact) mass is 512 g/mol. The van der Waals surface area contributed by atoms with Gasteiger partial charge in [0.05, 0.1) is 31.4 Å². The van der Waals surface area contributed by atoms with Gasteiger partial charge in [0.25, 0.3) is 5.91 Å². The largest absolute Gasteiger partial charge is 0.493 e. The maximum absolute atomic E-state index is 12.0. The van der Waals surface area contributed by atoms with Gasteiger partial charge in [-0.3, -0.25) is 9.89 Å². The highest BCUT2D eigenvalue weighted by Gasteiger charge is 2.16. The van der Waals surface area contributed by atoms with Gasteiger partial charge in [-0.15, -0.1) is 0 Å². The number of H-pyrrole nitrogens is 1. The standard InChI is InChI=1S/C28H28N6O4/c1-16(2)30-26(35)15-38-20-7-5-6-17(11-20)27-32-23-13-25(37-4)24(36-3)12-21(23)28(33-27)31-19-8-9-22-18(10-19)14-29-34-22/h5-14,16H,15H2,1-4H3,(H,29,34)(H,30,35)(H,31,32,33). The summed E-state index contributed by atoms with van der Waals surface area (Å²) >= 11 is 0. The number of hydrogen-bond donors (Lipinski definition) is 3. The third-order valence-corrected chi connectivity index (χ3v) is 5.82. The molecule has 10 nitrogen and oxygen atoms in total. The molecule has 0 aliphatic rings. The van der Waals surface area contributed by atoms with E-state index < -0.39 is 0 Å². The summed E-state index contributed by atoms with van der Waals surface area (Å²) in [5.41, 5.74) is 3.18. The van der Waals surface area contributed by atoms with E-state index in [2.05, 4.69) is 20.8 Å². The van der Waals surface area contributed by atoms with Crippen LogP contribution in [0.15, 0.2) is 60.8 Å². The molecule has 38 heavy (non-hydrogen) atoms. The van der Waals surface area contributed by atoms with Crippen molar-refractivity contribution in [3.05, 3.63) is 60.8 Å². The van der Waals surface area contributed by atoms with Crippen molar-refractivity contribution in [2.75, 3.05) is 26.1 Å². The van der Waals surface area contributed by atoms with E-state index in [0.29, 0.717) is 34.4 Å². The van der Waals surface area contributed by atoms with E-state index in [1.165, 1.54) is 0 Å². The second kappa shape index (κ2) is 10.6. The van der Waals surface area contributed by atoms with Crippen LogP contribution in [-0.2, 0) is 4.79 Å². The SMILES string of the molecule is COc1cc2nc(-c3cccc(OCC(=O)NC(C)C)c3)nc(Nc3ccc4[nH]ncc4c3)c2cc1OC. The van der Waals surface area contributed by atoms with Crippen molar-refractivity contribution < 1.29 is 19.0 Å². The molecule has 194 valence electrons. The highest BCUT2D eigenvalue weighted by molar-refractivity contribution is 5.95. The van der Waals surface area contributed by atoms with Crippen LogP contribution in [0.4, 0.5) is 11.5 Å². The van der Waals surface area contributed by atoms with Gasteiger partial charge in [-0.05, 0) is 50.2 Å². The molecule has 3 aromatic carbocycles. The Morgan fingerprint density at radius 2 is 1.82 bits per heavy atom. The number of fused-ring (bicyclic) bond motifs is 2. The van der Waals surface area contributed by atoms with E-state index >= 15 is 0 Å². The second-order valence-corrected chi connectivity index (χ2v) is 8.96. The maximum atomic E-state index is 12.0. The summed E-state index contributed by atoms with van der Waals surface area (Å²) in [6.07, 6.45) is 1.77. The molecule has 0 aliphatic carbocycles. The molecule has 2 heterocycles. The number of ether oxygens (including phenoxy) is 3. The number of aromatic amines is 1. The van der Waals surface area contributed by atoms with Crippen LogP contribution in [-0.4, -0.2) is 52.9 Å². The average Bonchev–Trinajstić information content (AvgIpc) is 3.39. The molecule has 0 radical (unpaired) electrons. The molecule has 5 aromatic rings. The molecule has 0 atom stereocenters. The highest BCUT2D eigenvalue weighted by atomic mass is 16.5. The lowest BCUT2D eigenvalue weighted by Gasteiger charge is -2.15. The minimum atomic E-state index is -0.186. The number of aromatic nitrogens is 4. The number of hydrogen-bond acceptors (Lipinski definition) is 8. The van der Waals surface area contributed by atoms with Crippen molar-refractivity contribution in [1.82, 2.24) is 25.5 Å². The van der Waals surface area contributed by atoms with Crippen LogP contribution in [0.1, 0.15) is 13.8 Å². The third-order valence-electron chi connectivity index (χ3n) is 5.82. The van der Waals surface area contributed by atoms with Gasteiger partial charge in [0.1, 0.15) is 11.6 Å². The maximum Gasteiger partial charge on any atom is 0.258 e. The van der Waals surface area contributed by atoms with Crippen LogP contribution in [0.5, 0.6) is 17.2 Å². The Bertz CT molecular complexity index is 1610. The summed E-state index contributed by atoms with van der Waals surface area (Å²) in [5.74, 6) is 2.56. The number of benzene rings is 3. The minimum absolute atomic E-state index is 0.0409. The van der Waals surface area contributed by atoms with E-state index in [1.807, 2.05) is 62.4 Å². The van der Waals surface area contributed by atoms with Crippen LogP contribution in [0.2, 0.25) is 0 Å². The highest BCUT2D eigenvalue weighted by Crippen LogP contribution is 2.36. The summed E-state index contributed by atoms with van der Waals surface area (Å²) in [4.78, 5) is 21.7. The summed E-state index contributed by atoms with van der Waals surface area (Å²) in [7, 11) is 3.17. The summed E-state index contributed by atoms with van der Waals surface area (Å²) in [6.45, 7) is 3.72. The van der Waals surface area contributed by atoms with E-state index in [-0.39, 0.29) is 18.6 Å². The van der Waals surface area contributed by atoms with Crippen molar-refractivity contribution in [3.63, 3.8) is 0 Å². The fourth-order valence-corrected chi connectivity index (χ4v) is 4.07. The van der Waals surface area contributed by atoms with Crippen LogP contribution in [0.25, 0.3) is 33.2 Å². The molecule has 0 fully saturated rings. The van der Waals surface area contributed by atoms with E-state index in [1.54, 1.807) is 26.5 Å². The minimum Gasteiger partial charge on any atom is -0.493 e. The van der Waals surface area contributed by atoms with Crippen molar-refractivity contribution >= 4 is 39.2 Å². The summed E-state index contributed by atoms with van der Waals surface area (Å²) in [5, 5.41) is 15.0. The number of amides is 1. The Morgan fingerprint density at radius 3 is 2.61 bits per heavy atom. The van der Waals surface area contributed by atoms with Crippen LogP contribution in [0.3, 0.4) is 0 Å². The van der Waals surface area contributed by atoms with Gasteiger partial charge in [-0.1, -0.05) is 12.1 Å². The van der Waals surface area contributed by atoms with Gasteiger partial charge in [0.15, 0.2) is 23.9 Å². The molecular weight excluding hydrogens is 484 g/mol. The molecule has 1 amide bonds.